The number of carbonyl (C=O) groups excluding carboxylic acids is 1. The van der Waals surface area contributed by atoms with Crippen molar-refractivity contribution in [3.05, 3.63) is 59.7 Å². The van der Waals surface area contributed by atoms with Gasteiger partial charge in [0.05, 0.1) is 12.2 Å². The Bertz CT molecular complexity index is 926. The Morgan fingerprint density at radius 2 is 1.65 bits per heavy atom. The van der Waals surface area contributed by atoms with Crippen molar-refractivity contribution in [2.24, 2.45) is 0 Å². The summed E-state index contributed by atoms with van der Waals surface area (Å²) in [5.74, 6) is -1.14. The number of hydrogen-bond acceptors (Lipinski definition) is 4. The van der Waals surface area contributed by atoms with Gasteiger partial charge in [-0.05, 0) is 55.9 Å². The summed E-state index contributed by atoms with van der Waals surface area (Å²) in [6, 6.07) is 14.8. The van der Waals surface area contributed by atoms with Crippen LogP contribution in [0.3, 0.4) is 0 Å². The van der Waals surface area contributed by atoms with Crippen LogP contribution in [0, 0.1) is 0 Å². The second-order valence-electron chi connectivity index (χ2n) is 8.65. The molecular formula is C25H29NO5. The molecule has 2 aromatic rings. The maximum absolute atomic E-state index is 13.1. The van der Waals surface area contributed by atoms with Crippen molar-refractivity contribution < 1.29 is 24.2 Å². The third-order valence-corrected chi connectivity index (χ3v) is 6.27. The van der Waals surface area contributed by atoms with E-state index in [2.05, 4.69) is 24.3 Å². The van der Waals surface area contributed by atoms with Crippen molar-refractivity contribution >= 4 is 12.1 Å². The molecular weight excluding hydrogens is 394 g/mol. The summed E-state index contributed by atoms with van der Waals surface area (Å²) >= 11 is 0. The molecule has 0 spiro atoms. The summed E-state index contributed by atoms with van der Waals surface area (Å²) in [6.07, 6.45) is 0.231. The van der Waals surface area contributed by atoms with Crippen molar-refractivity contribution in [3.8, 4) is 11.1 Å². The molecule has 31 heavy (non-hydrogen) atoms. The quantitative estimate of drug-likeness (QED) is 0.731. The molecule has 6 nitrogen and oxygen atoms in total. The second-order valence-corrected chi connectivity index (χ2v) is 8.65. The third kappa shape index (κ3) is 4.04. The zero-order chi connectivity index (χ0) is 22.1. The number of rotatable bonds is 6. The number of ether oxygens (including phenoxy) is 2. The molecule has 2 aliphatic rings. The Morgan fingerprint density at radius 3 is 2.13 bits per heavy atom. The number of carbonyl (C=O) groups is 2. The van der Waals surface area contributed by atoms with E-state index < -0.39 is 24.2 Å². The molecule has 1 fully saturated rings. The van der Waals surface area contributed by atoms with Crippen molar-refractivity contribution in [2.45, 2.75) is 63.8 Å². The molecule has 1 aliphatic heterocycles. The van der Waals surface area contributed by atoms with Crippen LogP contribution in [-0.4, -0.2) is 53.0 Å². The van der Waals surface area contributed by atoms with E-state index in [-0.39, 0.29) is 24.7 Å². The molecule has 4 rings (SSSR count). The number of hydrogen-bond donors (Lipinski definition) is 1. The Labute approximate surface area is 182 Å². The molecule has 1 heterocycles. The highest BCUT2D eigenvalue weighted by Gasteiger charge is 2.43. The van der Waals surface area contributed by atoms with Gasteiger partial charge in [-0.3, -0.25) is 4.90 Å². The van der Waals surface area contributed by atoms with Crippen molar-refractivity contribution in [1.82, 2.24) is 4.90 Å². The molecule has 0 bridgehead atoms. The normalized spacial score (nSPS) is 20.9. The van der Waals surface area contributed by atoms with E-state index in [0.717, 1.165) is 28.7 Å². The highest BCUT2D eigenvalue weighted by molar-refractivity contribution is 5.82. The van der Waals surface area contributed by atoms with Gasteiger partial charge < -0.3 is 14.6 Å². The first-order chi connectivity index (χ1) is 14.9. The van der Waals surface area contributed by atoms with E-state index in [9.17, 15) is 14.7 Å². The molecule has 0 saturated carbocycles. The average Bonchev–Trinajstić information content (AvgIpc) is 3.31. The minimum Gasteiger partial charge on any atom is -0.480 e. The molecule has 3 unspecified atom stereocenters. The van der Waals surface area contributed by atoms with Gasteiger partial charge in [-0.15, -0.1) is 0 Å². The highest BCUT2D eigenvalue weighted by Crippen LogP contribution is 2.44. The zero-order valence-corrected chi connectivity index (χ0v) is 18.2. The third-order valence-electron chi connectivity index (χ3n) is 6.27. The van der Waals surface area contributed by atoms with E-state index in [1.54, 1.807) is 13.8 Å². The van der Waals surface area contributed by atoms with Crippen LogP contribution in [0.5, 0.6) is 0 Å². The largest absolute Gasteiger partial charge is 0.480 e. The number of amides is 1. The number of carboxylic acid groups (broad SMARTS) is 1. The zero-order valence-electron chi connectivity index (χ0n) is 18.2. The van der Waals surface area contributed by atoms with Gasteiger partial charge >= 0.3 is 12.1 Å². The maximum atomic E-state index is 13.1. The molecule has 0 aromatic heterocycles. The molecule has 1 saturated heterocycles. The number of nitrogens with zero attached hydrogens (tertiary/aromatic N) is 1. The van der Waals surface area contributed by atoms with Crippen LogP contribution in [0.25, 0.3) is 11.1 Å². The van der Waals surface area contributed by atoms with Gasteiger partial charge in [-0.25, -0.2) is 9.59 Å². The Balaban J connectivity index is 1.54. The first-order valence-electron chi connectivity index (χ1n) is 10.9. The maximum Gasteiger partial charge on any atom is 0.410 e. The van der Waals surface area contributed by atoms with Gasteiger partial charge in [-0.2, -0.15) is 0 Å². The Morgan fingerprint density at radius 1 is 1.06 bits per heavy atom. The number of benzene rings is 2. The first-order valence-corrected chi connectivity index (χ1v) is 10.9. The molecule has 1 aliphatic carbocycles. The lowest BCUT2D eigenvalue weighted by Crippen LogP contribution is -2.54. The van der Waals surface area contributed by atoms with Gasteiger partial charge in [0.1, 0.15) is 6.61 Å². The van der Waals surface area contributed by atoms with Crippen molar-refractivity contribution in [3.63, 3.8) is 0 Å². The SMILES string of the molecule is CC1CCC(C(C(=O)O)N(C(=O)OCC2c3ccccc3-c3ccccc32)C(C)C)O1. The fourth-order valence-corrected chi connectivity index (χ4v) is 4.84. The van der Waals surface area contributed by atoms with Gasteiger partial charge in [0.25, 0.3) is 0 Å². The average molecular weight is 424 g/mol. The monoisotopic (exact) mass is 423 g/mol. The van der Waals surface area contributed by atoms with E-state index in [0.29, 0.717) is 6.42 Å². The van der Waals surface area contributed by atoms with Crippen molar-refractivity contribution in [1.29, 1.82) is 0 Å². The lowest BCUT2D eigenvalue weighted by atomic mass is 9.98. The minimum atomic E-state index is -1.07. The number of carboxylic acids is 1. The molecule has 2 aromatic carbocycles. The fourth-order valence-electron chi connectivity index (χ4n) is 4.84. The van der Waals surface area contributed by atoms with E-state index in [1.165, 1.54) is 4.90 Å². The topological polar surface area (TPSA) is 76.1 Å². The van der Waals surface area contributed by atoms with Crippen LogP contribution in [0.1, 0.15) is 50.7 Å². The number of fused-ring (bicyclic) bond motifs is 3. The summed E-state index contributed by atoms with van der Waals surface area (Å²) in [4.78, 5) is 26.6. The second kappa shape index (κ2) is 8.71. The highest BCUT2D eigenvalue weighted by atomic mass is 16.6. The van der Waals surface area contributed by atoms with Crippen LogP contribution in [0.15, 0.2) is 48.5 Å². The Hall–Kier alpha value is -2.86. The summed E-state index contributed by atoms with van der Waals surface area (Å²) in [7, 11) is 0. The van der Waals surface area contributed by atoms with Gasteiger partial charge in [0, 0.05) is 12.0 Å². The summed E-state index contributed by atoms with van der Waals surface area (Å²) in [5.41, 5.74) is 4.54. The molecule has 1 amide bonds. The summed E-state index contributed by atoms with van der Waals surface area (Å²) < 4.78 is 11.6. The van der Waals surface area contributed by atoms with E-state index >= 15 is 0 Å². The number of aliphatic carboxylic acids is 1. The summed E-state index contributed by atoms with van der Waals surface area (Å²) in [5, 5.41) is 9.90. The Kier molecular flexibility index (Phi) is 6.01. The predicted molar refractivity (Wildman–Crippen MR) is 117 cm³/mol. The molecule has 3 atom stereocenters. The summed E-state index contributed by atoms with van der Waals surface area (Å²) in [6.45, 7) is 5.68. The van der Waals surface area contributed by atoms with E-state index in [1.807, 2.05) is 31.2 Å². The van der Waals surface area contributed by atoms with Crippen LogP contribution in [0.2, 0.25) is 0 Å². The van der Waals surface area contributed by atoms with Gasteiger partial charge in [-0.1, -0.05) is 48.5 Å². The van der Waals surface area contributed by atoms with Gasteiger partial charge in [0.15, 0.2) is 6.04 Å². The van der Waals surface area contributed by atoms with E-state index in [4.69, 9.17) is 9.47 Å². The molecule has 0 radical (unpaired) electrons. The predicted octanol–water partition coefficient (Wildman–Crippen LogP) is 4.67. The minimum absolute atomic E-state index is 0.0108. The molecule has 1 N–H and O–H groups in total. The lowest BCUT2D eigenvalue weighted by molar-refractivity contribution is -0.149. The first kappa shape index (κ1) is 21.4. The van der Waals surface area contributed by atoms with Crippen molar-refractivity contribution in [2.75, 3.05) is 6.61 Å². The van der Waals surface area contributed by atoms with Crippen LogP contribution in [-0.2, 0) is 14.3 Å². The van der Waals surface area contributed by atoms with Crippen LogP contribution in [0.4, 0.5) is 4.79 Å². The van der Waals surface area contributed by atoms with Crippen LogP contribution >= 0.6 is 0 Å². The lowest BCUT2D eigenvalue weighted by Gasteiger charge is -2.34. The fraction of sp³-hybridized carbons (Fsp3) is 0.440. The molecule has 6 heteroatoms. The smallest absolute Gasteiger partial charge is 0.410 e. The standard InChI is InChI=1S/C25H29NO5/c1-15(2)26(23(24(27)28)22-13-12-16(3)31-22)25(29)30-14-21-19-10-6-4-8-17(19)18-9-5-7-11-20(18)21/h4-11,15-16,21-23H,12-14H2,1-3H3,(H,27,28). The molecule has 164 valence electrons. The van der Waals surface area contributed by atoms with Gasteiger partial charge in [0.2, 0.25) is 0 Å². The van der Waals surface area contributed by atoms with Crippen LogP contribution < -0.4 is 0 Å².